The van der Waals surface area contributed by atoms with Gasteiger partial charge in [0.25, 0.3) is 0 Å². The highest BCUT2D eigenvalue weighted by Gasteiger charge is 2.44. The molecule has 2 fully saturated rings. The number of carbonyl (C=O) groups excluding carboxylic acids is 1. The van der Waals surface area contributed by atoms with E-state index < -0.39 is 0 Å². The summed E-state index contributed by atoms with van der Waals surface area (Å²) >= 11 is 1.64. The Morgan fingerprint density at radius 1 is 1.57 bits per heavy atom. The second kappa shape index (κ2) is 6.73. The van der Waals surface area contributed by atoms with Gasteiger partial charge in [0.05, 0.1) is 18.8 Å². The molecule has 3 rings (SSSR count). The molecule has 0 bridgehead atoms. The zero-order valence-corrected chi connectivity index (χ0v) is 13.1. The average Bonchev–Trinajstić information content (AvgIpc) is 3.15. The molecular weight excluding hydrogens is 286 g/mol. The molecule has 3 atom stereocenters. The first-order chi connectivity index (χ1) is 10.3. The van der Waals surface area contributed by atoms with Gasteiger partial charge in [-0.05, 0) is 37.3 Å². The first-order valence-electron chi connectivity index (χ1n) is 7.55. The molecule has 0 radical (unpaired) electrons. The molecule has 2 heterocycles. The Balaban J connectivity index is 1.66. The van der Waals surface area contributed by atoms with E-state index in [1.54, 1.807) is 17.4 Å². The number of nitrogens with zero attached hydrogens (tertiary/aromatic N) is 1. The van der Waals surface area contributed by atoms with E-state index in [2.05, 4.69) is 0 Å². The monoisotopic (exact) mass is 307 g/mol. The van der Waals surface area contributed by atoms with Gasteiger partial charge in [0.2, 0.25) is 5.91 Å². The number of morpholine rings is 1. The standard InChI is InChI=1S/C16H21NO3S/c1-2-19-14-7-6-13-16(14)20-10-9-17(13)15(18)8-5-12-4-3-11-21-12/h3-5,8,11,13-14,16H,2,6-7,9-10H2,1H3/b8-5+/t13-,14+,16+/m0/s1. The topological polar surface area (TPSA) is 38.8 Å². The van der Waals surface area contributed by atoms with Crippen LogP contribution in [-0.2, 0) is 14.3 Å². The number of thiophene rings is 1. The fraction of sp³-hybridized carbons (Fsp3) is 0.562. The Bertz CT molecular complexity index is 500. The Morgan fingerprint density at radius 3 is 3.24 bits per heavy atom. The maximum atomic E-state index is 12.4. The van der Waals surface area contributed by atoms with Gasteiger partial charge in [-0.2, -0.15) is 0 Å². The molecule has 1 aromatic rings. The first-order valence-corrected chi connectivity index (χ1v) is 8.43. The third-order valence-corrected chi connectivity index (χ3v) is 4.97. The highest BCUT2D eigenvalue weighted by Crippen LogP contribution is 2.32. The van der Waals surface area contributed by atoms with Gasteiger partial charge in [-0.15, -0.1) is 11.3 Å². The van der Waals surface area contributed by atoms with E-state index in [0.717, 1.165) is 17.7 Å². The minimum atomic E-state index is 0.0396. The molecule has 0 spiro atoms. The maximum Gasteiger partial charge on any atom is 0.247 e. The lowest BCUT2D eigenvalue weighted by Crippen LogP contribution is -2.53. The predicted octanol–water partition coefficient (Wildman–Crippen LogP) is 2.56. The van der Waals surface area contributed by atoms with Gasteiger partial charge in [-0.1, -0.05) is 6.07 Å². The van der Waals surface area contributed by atoms with E-state index in [-0.39, 0.29) is 24.2 Å². The SMILES string of the molecule is CCO[C@@H]1CC[C@H]2[C@H]1OCCN2C(=O)/C=C/c1cccs1. The Kier molecular flexibility index (Phi) is 4.73. The third kappa shape index (κ3) is 3.20. The highest BCUT2D eigenvalue weighted by atomic mass is 32.1. The van der Waals surface area contributed by atoms with Crippen LogP contribution in [0.5, 0.6) is 0 Å². The van der Waals surface area contributed by atoms with Crippen LogP contribution < -0.4 is 0 Å². The van der Waals surface area contributed by atoms with Crippen LogP contribution in [0.1, 0.15) is 24.6 Å². The smallest absolute Gasteiger partial charge is 0.247 e. The van der Waals surface area contributed by atoms with E-state index in [9.17, 15) is 4.79 Å². The molecule has 0 aromatic carbocycles. The van der Waals surface area contributed by atoms with Crippen LogP contribution in [0, 0.1) is 0 Å². The lowest BCUT2D eigenvalue weighted by molar-refractivity contribution is -0.146. The van der Waals surface area contributed by atoms with Crippen molar-refractivity contribution in [3.8, 4) is 0 Å². The van der Waals surface area contributed by atoms with E-state index >= 15 is 0 Å². The highest BCUT2D eigenvalue weighted by molar-refractivity contribution is 7.10. The molecule has 1 aliphatic carbocycles. The summed E-state index contributed by atoms with van der Waals surface area (Å²) in [5.74, 6) is 0.0823. The van der Waals surface area contributed by atoms with Crippen LogP contribution in [0.4, 0.5) is 0 Å². The second-order valence-corrected chi connectivity index (χ2v) is 6.33. The van der Waals surface area contributed by atoms with E-state index in [1.807, 2.05) is 35.4 Å². The fourth-order valence-corrected chi connectivity index (χ4v) is 3.84. The molecule has 21 heavy (non-hydrogen) atoms. The Hall–Kier alpha value is -1.17. The van der Waals surface area contributed by atoms with Gasteiger partial charge < -0.3 is 14.4 Å². The van der Waals surface area contributed by atoms with E-state index in [4.69, 9.17) is 9.47 Å². The molecular formula is C16H21NO3S. The summed E-state index contributed by atoms with van der Waals surface area (Å²) in [5, 5.41) is 2.01. The van der Waals surface area contributed by atoms with Crippen molar-refractivity contribution >= 4 is 23.3 Å². The molecule has 5 heteroatoms. The van der Waals surface area contributed by atoms with Crippen LogP contribution >= 0.6 is 11.3 Å². The van der Waals surface area contributed by atoms with E-state index in [1.165, 1.54) is 0 Å². The first kappa shape index (κ1) is 14.8. The minimum Gasteiger partial charge on any atom is -0.376 e. The lowest BCUT2D eigenvalue weighted by atomic mass is 10.1. The maximum absolute atomic E-state index is 12.4. The zero-order valence-electron chi connectivity index (χ0n) is 12.2. The van der Waals surface area contributed by atoms with Crippen LogP contribution in [0.2, 0.25) is 0 Å². The van der Waals surface area contributed by atoms with Gasteiger partial charge in [0, 0.05) is 24.1 Å². The van der Waals surface area contributed by atoms with E-state index in [0.29, 0.717) is 19.8 Å². The van der Waals surface area contributed by atoms with Crippen molar-refractivity contribution in [2.24, 2.45) is 0 Å². The molecule has 1 amide bonds. The summed E-state index contributed by atoms with van der Waals surface area (Å²) in [6.45, 7) is 3.98. The minimum absolute atomic E-state index is 0.0396. The lowest BCUT2D eigenvalue weighted by Gasteiger charge is -2.38. The predicted molar refractivity (Wildman–Crippen MR) is 83.2 cm³/mol. The number of amides is 1. The number of hydrogen-bond donors (Lipinski definition) is 0. The van der Waals surface area contributed by atoms with Crippen molar-refractivity contribution in [3.05, 3.63) is 28.5 Å². The van der Waals surface area contributed by atoms with Crippen LogP contribution in [-0.4, -0.2) is 48.8 Å². The van der Waals surface area contributed by atoms with Crippen LogP contribution in [0.25, 0.3) is 6.08 Å². The van der Waals surface area contributed by atoms with Crippen LogP contribution in [0.15, 0.2) is 23.6 Å². The number of rotatable bonds is 4. The van der Waals surface area contributed by atoms with Crippen molar-refractivity contribution in [1.82, 2.24) is 4.90 Å². The average molecular weight is 307 g/mol. The fourth-order valence-electron chi connectivity index (χ4n) is 3.22. The summed E-state index contributed by atoms with van der Waals surface area (Å²) in [6, 6.07) is 4.16. The number of ether oxygens (including phenoxy) is 2. The molecule has 1 saturated heterocycles. The van der Waals surface area contributed by atoms with Gasteiger partial charge in [-0.3, -0.25) is 4.79 Å². The second-order valence-electron chi connectivity index (χ2n) is 5.35. The van der Waals surface area contributed by atoms with Crippen molar-refractivity contribution in [1.29, 1.82) is 0 Å². The molecule has 2 aliphatic rings. The quantitative estimate of drug-likeness (QED) is 0.803. The number of carbonyl (C=O) groups is 1. The van der Waals surface area contributed by atoms with Gasteiger partial charge in [0.15, 0.2) is 0 Å². The zero-order chi connectivity index (χ0) is 14.7. The van der Waals surface area contributed by atoms with Gasteiger partial charge in [-0.25, -0.2) is 0 Å². The van der Waals surface area contributed by atoms with Crippen LogP contribution in [0.3, 0.4) is 0 Å². The number of fused-ring (bicyclic) bond motifs is 1. The van der Waals surface area contributed by atoms with Gasteiger partial charge in [0.1, 0.15) is 6.10 Å². The number of hydrogen-bond acceptors (Lipinski definition) is 4. The molecule has 4 nitrogen and oxygen atoms in total. The Morgan fingerprint density at radius 2 is 2.48 bits per heavy atom. The molecule has 1 aliphatic heterocycles. The summed E-state index contributed by atoms with van der Waals surface area (Å²) < 4.78 is 11.6. The summed E-state index contributed by atoms with van der Waals surface area (Å²) in [7, 11) is 0. The summed E-state index contributed by atoms with van der Waals surface area (Å²) in [5.41, 5.74) is 0. The largest absolute Gasteiger partial charge is 0.376 e. The van der Waals surface area contributed by atoms with Crippen molar-refractivity contribution in [2.45, 2.75) is 38.0 Å². The molecule has 114 valence electrons. The summed E-state index contributed by atoms with van der Waals surface area (Å²) in [4.78, 5) is 15.5. The normalized spacial score (nSPS) is 29.0. The Labute approximate surface area is 129 Å². The third-order valence-electron chi connectivity index (χ3n) is 4.13. The summed E-state index contributed by atoms with van der Waals surface area (Å²) in [6.07, 6.45) is 5.69. The molecule has 1 saturated carbocycles. The molecule has 1 aromatic heterocycles. The van der Waals surface area contributed by atoms with Crippen molar-refractivity contribution in [2.75, 3.05) is 19.8 Å². The van der Waals surface area contributed by atoms with Crippen molar-refractivity contribution < 1.29 is 14.3 Å². The van der Waals surface area contributed by atoms with Crippen molar-refractivity contribution in [3.63, 3.8) is 0 Å². The molecule has 0 unspecified atom stereocenters. The molecule has 0 N–H and O–H groups in total. The van der Waals surface area contributed by atoms with Gasteiger partial charge >= 0.3 is 0 Å².